The largest absolute Gasteiger partial charge is 0.489 e. The van der Waals surface area contributed by atoms with Crippen LogP contribution in [-0.4, -0.2) is 23.5 Å². The topological polar surface area (TPSA) is 87.7 Å². The Bertz CT molecular complexity index is 1050. The average molecular weight is 402 g/mol. The highest BCUT2D eigenvalue weighted by Crippen LogP contribution is 2.28. The number of carboxylic acids is 1. The van der Waals surface area contributed by atoms with E-state index in [4.69, 9.17) is 9.84 Å². The fraction of sp³-hybridized carbons (Fsp3) is 0.167. The lowest BCUT2D eigenvalue weighted by atomic mass is 9.93. The number of carboxylic acid groups (broad SMARTS) is 1. The van der Waals surface area contributed by atoms with Gasteiger partial charge in [-0.15, -0.1) is 0 Å². The van der Waals surface area contributed by atoms with E-state index in [9.17, 15) is 9.59 Å². The van der Waals surface area contributed by atoms with Crippen LogP contribution in [0.5, 0.6) is 5.75 Å². The Hall–Kier alpha value is -3.64. The molecule has 0 saturated carbocycles. The van der Waals surface area contributed by atoms with Crippen LogP contribution in [0.3, 0.4) is 0 Å². The maximum absolute atomic E-state index is 12.8. The van der Waals surface area contributed by atoms with Gasteiger partial charge < -0.3 is 20.5 Å². The van der Waals surface area contributed by atoms with Gasteiger partial charge in [-0.3, -0.25) is 4.79 Å². The van der Waals surface area contributed by atoms with Gasteiger partial charge in [0, 0.05) is 12.2 Å². The maximum atomic E-state index is 12.8. The lowest BCUT2D eigenvalue weighted by molar-refractivity contribution is -0.118. The fourth-order valence-electron chi connectivity index (χ4n) is 3.52. The number of ether oxygens (including phenoxy) is 1. The van der Waals surface area contributed by atoms with E-state index in [1.807, 2.05) is 48.5 Å². The third kappa shape index (κ3) is 4.50. The molecule has 0 fully saturated rings. The van der Waals surface area contributed by atoms with Crippen LogP contribution in [0.15, 0.2) is 72.8 Å². The number of aromatic carboxylic acids is 1. The minimum atomic E-state index is -0.999. The van der Waals surface area contributed by atoms with Gasteiger partial charge in [0.05, 0.1) is 5.56 Å². The zero-order chi connectivity index (χ0) is 20.9. The lowest BCUT2D eigenvalue weighted by Gasteiger charge is -2.26. The summed E-state index contributed by atoms with van der Waals surface area (Å²) in [6.07, 6.45) is 0.814. The van der Waals surface area contributed by atoms with Crippen LogP contribution in [0.4, 0.5) is 5.69 Å². The van der Waals surface area contributed by atoms with E-state index in [0.717, 1.165) is 28.9 Å². The zero-order valence-electron chi connectivity index (χ0n) is 16.3. The predicted molar refractivity (Wildman–Crippen MR) is 114 cm³/mol. The minimum absolute atomic E-state index is 0.178. The van der Waals surface area contributed by atoms with Gasteiger partial charge in [0.25, 0.3) is 0 Å². The van der Waals surface area contributed by atoms with Crippen molar-refractivity contribution in [1.82, 2.24) is 5.32 Å². The summed E-state index contributed by atoms with van der Waals surface area (Å²) >= 11 is 0. The molecule has 3 aromatic carbocycles. The van der Waals surface area contributed by atoms with Crippen molar-refractivity contribution >= 4 is 17.6 Å². The Kier molecular flexibility index (Phi) is 5.77. The van der Waals surface area contributed by atoms with Gasteiger partial charge in [-0.05, 0) is 59.5 Å². The molecule has 6 nitrogen and oxygen atoms in total. The number of carbonyl (C=O) groups excluding carboxylic acids is 1. The smallest absolute Gasteiger partial charge is 0.335 e. The van der Waals surface area contributed by atoms with Gasteiger partial charge in [0.1, 0.15) is 18.4 Å². The van der Waals surface area contributed by atoms with Crippen molar-refractivity contribution in [3.05, 3.63) is 95.1 Å². The first kappa shape index (κ1) is 19.7. The Balaban J connectivity index is 1.45. The number of carbonyl (C=O) groups is 2. The SMILES string of the molecule is O=C(O)c1ccc(NC(=O)C2NCCc3cc(OCc4ccccc4)ccc32)cc1. The summed E-state index contributed by atoms with van der Waals surface area (Å²) in [6.45, 7) is 1.18. The molecule has 1 unspecified atom stereocenters. The highest BCUT2D eigenvalue weighted by molar-refractivity contribution is 5.96. The summed E-state index contributed by atoms with van der Waals surface area (Å²) in [5.41, 5.74) is 3.84. The highest BCUT2D eigenvalue weighted by atomic mass is 16.5. The van der Waals surface area contributed by atoms with Crippen molar-refractivity contribution in [2.24, 2.45) is 0 Å². The van der Waals surface area contributed by atoms with Crippen LogP contribution in [0.25, 0.3) is 0 Å². The molecule has 0 saturated heterocycles. The number of rotatable bonds is 6. The predicted octanol–water partition coefficient (Wildman–Crippen LogP) is 3.79. The molecule has 0 bridgehead atoms. The summed E-state index contributed by atoms with van der Waals surface area (Å²) in [5, 5.41) is 15.1. The molecule has 152 valence electrons. The first-order chi connectivity index (χ1) is 14.6. The molecule has 1 atom stereocenters. The highest BCUT2D eigenvalue weighted by Gasteiger charge is 2.26. The van der Waals surface area contributed by atoms with E-state index in [0.29, 0.717) is 18.8 Å². The van der Waals surface area contributed by atoms with Crippen LogP contribution in [0, 0.1) is 0 Å². The first-order valence-corrected chi connectivity index (χ1v) is 9.77. The number of anilines is 1. The second-order valence-electron chi connectivity index (χ2n) is 7.14. The van der Waals surface area contributed by atoms with E-state index in [1.54, 1.807) is 12.1 Å². The Morgan fingerprint density at radius 3 is 2.53 bits per heavy atom. The number of nitrogens with one attached hydrogen (secondary N) is 2. The maximum Gasteiger partial charge on any atom is 0.335 e. The quantitative estimate of drug-likeness (QED) is 0.584. The third-order valence-corrected chi connectivity index (χ3v) is 5.08. The molecular formula is C24H22N2O4. The molecule has 6 heteroatoms. The third-order valence-electron chi connectivity index (χ3n) is 5.08. The normalized spacial score (nSPS) is 15.1. The van der Waals surface area contributed by atoms with Crippen molar-refractivity contribution < 1.29 is 19.4 Å². The van der Waals surface area contributed by atoms with Crippen LogP contribution in [0.1, 0.15) is 33.1 Å². The summed E-state index contributed by atoms with van der Waals surface area (Å²) in [7, 11) is 0. The van der Waals surface area contributed by atoms with Gasteiger partial charge in [0.2, 0.25) is 5.91 Å². The van der Waals surface area contributed by atoms with E-state index >= 15 is 0 Å². The molecule has 1 heterocycles. The fourth-order valence-corrected chi connectivity index (χ4v) is 3.52. The summed E-state index contributed by atoms with van der Waals surface area (Å²) in [6, 6.07) is 21.4. The van der Waals surface area contributed by atoms with E-state index in [-0.39, 0.29) is 11.5 Å². The van der Waals surface area contributed by atoms with Gasteiger partial charge in [-0.1, -0.05) is 36.4 Å². The van der Waals surface area contributed by atoms with Crippen LogP contribution in [0.2, 0.25) is 0 Å². The zero-order valence-corrected chi connectivity index (χ0v) is 16.3. The second-order valence-corrected chi connectivity index (χ2v) is 7.14. The standard InChI is InChI=1S/C24H22N2O4/c27-23(26-19-8-6-17(7-9-19)24(28)29)22-21-11-10-20(14-18(21)12-13-25-22)30-15-16-4-2-1-3-5-16/h1-11,14,22,25H,12-13,15H2,(H,26,27)(H,28,29). The second kappa shape index (κ2) is 8.80. The molecule has 0 radical (unpaired) electrons. The van der Waals surface area contributed by atoms with E-state index < -0.39 is 12.0 Å². The van der Waals surface area contributed by atoms with Crippen LogP contribution >= 0.6 is 0 Å². The van der Waals surface area contributed by atoms with Crippen molar-refractivity contribution in [3.63, 3.8) is 0 Å². The molecule has 1 amide bonds. The lowest BCUT2D eigenvalue weighted by Crippen LogP contribution is -2.38. The minimum Gasteiger partial charge on any atom is -0.489 e. The van der Waals surface area contributed by atoms with Crippen LogP contribution < -0.4 is 15.4 Å². The average Bonchev–Trinajstić information content (AvgIpc) is 2.78. The molecule has 0 spiro atoms. The Morgan fingerprint density at radius 1 is 1.03 bits per heavy atom. The van der Waals surface area contributed by atoms with Crippen molar-refractivity contribution in [3.8, 4) is 5.75 Å². The molecule has 0 aromatic heterocycles. The van der Waals surface area contributed by atoms with E-state index in [1.165, 1.54) is 12.1 Å². The van der Waals surface area contributed by atoms with Gasteiger partial charge in [-0.25, -0.2) is 4.79 Å². The first-order valence-electron chi connectivity index (χ1n) is 9.77. The molecule has 3 N–H and O–H groups in total. The van der Waals surface area contributed by atoms with Crippen molar-refractivity contribution in [2.45, 2.75) is 19.1 Å². The molecule has 0 aliphatic carbocycles. The number of fused-ring (bicyclic) bond motifs is 1. The molecular weight excluding hydrogens is 380 g/mol. The molecule has 3 aromatic rings. The van der Waals surface area contributed by atoms with Crippen molar-refractivity contribution in [1.29, 1.82) is 0 Å². The van der Waals surface area contributed by atoms with E-state index in [2.05, 4.69) is 10.6 Å². The monoisotopic (exact) mass is 402 g/mol. The van der Waals surface area contributed by atoms with Crippen molar-refractivity contribution in [2.75, 3.05) is 11.9 Å². The molecule has 4 rings (SSSR count). The molecule has 1 aliphatic heterocycles. The summed E-state index contributed by atoms with van der Waals surface area (Å²) < 4.78 is 5.91. The van der Waals surface area contributed by atoms with Gasteiger partial charge in [-0.2, -0.15) is 0 Å². The number of hydrogen-bond donors (Lipinski definition) is 3. The number of hydrogen-bond acceptors (Lipinski definition) is 4. The number of benzene rings is 3. The van der Waals surface area contributed by atoms with Gasteiger partial charge in [0.15, 0.2) is 0 Å². The Labute approximate surface area is 174 Å². The summed E-state index contributed by atoms with van der Waals surface area (Å²) in [4.78, 5) is 23.8. The number of amides is 1. The molecule has 30 heavy (non-hydrogen) atoms. The summed E-state index contributed by atoms with van der Waals surface area (Å²) in [5.74, 6) is -0.402. The van der Waals surface area contributed by atoms with Crippen LogP contribution in [-0.2, 0) is 17.8 Å². The molecule has 1 aliphatic rings. The Morgan fingerprint density at radius 2 is 1.80 bits per heavy atom. The van der Waals surface area contributed by atoms with Gasteiger partial charge >= 0.3 is 5.97 Å².